The summed E-state index contributed by atoms with van der Waals surface area (Å²) >= 11 is 0. The molecule has 1 N–H and O–H groups in total. The predicted molar refractivity (Wildman–Crippen MR) is 42.8 cm³/mol. The smallest absolute Gasteiger partial charge is 0.00753 e. The van der Waals surface area contributed by atoms with Gasteiger partial charge in [-0.05, 0) is 37.1 Å². The van der Waals surface area contributed by atoms with Gasteiger partial charge in [0.15, 0.2) is 0 Å². The van der Waals surface area contributed by atoms with Gasteiger partial charge in [0.1, 0.15) is 0 Å². The summed E-state index contributed by atoms with van der Waals surface area (Å²) < 4.78 is 0. The second-order valence-corrected chi connectivity index (χ2v) is 4.68. The van der Waals surface area contributed by atoms with Crippen LogP contribution in [0.5, 0.6) is 0 Å². The van der Waals surface area contributed by atoms with Crippen molar-refractivity contribution in [1.82, 2.24) is 5.32 Å². The van der Waals surface area contributed by atoms with E-state index in [0.29, 0.717) is 5.41 Å². The third kappa shape index (κ3) is 0.672. The first-order chi connectivity index (χ1) is 4.61. The summed E-state index contributed by atoms with van der Waals surface area (Å²) in [4.78, 5) is 0. The molecule has 0 radical (unpaired) electrons. The van der Waals surface area contributed by atoms with E-state index in [2.05, 4.69) is 26.1 Å². The molecule has 3 unspecified atom stereocenters. The summed E-state index contributed by atoms with van der Waals surface area (Å²) in [6.07, 6.45) is 1.44. The van der Waals surface area contributed by atoms with Gasteiger partial charge in [0.25, 0.3) is 0 Å². The quantitative estimate of drug-likeness (QED) is 0.538. The van der Waals surface area contributed by atoms with Crippen LogP contribution in [0.4, 0.5) is 0 Å². The summed E-state index contributed by atoms with van der Waals surface area (Å²) in [7, 11) is 0. The monoisotopic (exact) mass is 139 g/mol. The fourth-order valence-electron chi connectivity index (χ4n) is 3.16. The Morgan fingerprint density at radius 3 is 2.50 bits per heavy atom. The van der Waals surface area contributed by atoms with Gasteiger partial charge in [-0.1, -0.05) is 13.8 Å². The molecule has 1 heterocycles. The van der Waals surface area contributed by atoms with Gasteiger partial charge in [-0.2, -0.15) is 0 Å². The van der Waals surface area contributed by atoms with Crippen molar-refractivity contribution in [3.8, 4) is 0 Å². The van der Waals surface area contributed by atoms with Crippen LogP contribution in [0.3, 0.4) is 0 Å². The highest BCUT2D eigenvalue weighted by Crippen LogP contribution is 2.54. The minimum absolute atomic E-state index is 0.633. The van der Waals surface area contributed by atoms with E-state index >= 15 is 0 Å². The van der Waals surface area contributed by atoms with E-state index in [1.165, 1.54) is 13.0 Å². The Labute approximate surface area is 63.2 Å². The third-order valence-corrected chi connectivity index (χ3v) is 3.44. The van der Waals surface area contributed by atoms with Gasteiger partial charge >= 0.3 is 0 Å². The van der Waals surface area contributed by atoms with Crippen LogP contribution >= 0.6 is 0 Å². The maximum atomic E-state index is 3.54. The van der Waals surface area contributed by atoms with Crippen LogP contribution in [0, 0.1) is 17.3 Å². The van der Waals surface area contributed by atoms with Crippen molar-refractivity contribution in [2.75, 3.05) is 6.54 Å². The van der Waals surface area contributed by atoms with Crippen LogP contribution in [0.1, 0.15) is 27.2 Å². The van der Waals surface area contributed by atoms with Crippen molar-refractivity contribution in [2.45, 2.75) is 33.2 Å². The molecule has 0 aromatic heterocycles. The highest BCUT2D eigenvalue weighted by molar-refractivity contribution is 5.05. The van der Waals surface area contributed by atoms with Gasteiger partial charge in [0.2, 0.25) is 0 Å². The van der Waals surface area contributed by atoms with E-state index in [0.717, 1.165) is 17.9 Å². The van der Waals surface area contributed by atoms with Crippen molar-refractivity contribution in [2.24, 2.45) is 17.3 Å². The molecule has 1 saturated heterocycles. The average molecular weight is 139 g/mol. The molecule has 2 aliphatic rings. The fourth-order valence-corrected chi connectivity index (χ4v) is 3.16. The van der Waals surface area contributed by atoms with Crippen LogP contribution < -0.4 is 5.32 Å². The summed E-state index contributed by atoms with van der Waals surface area (Å²) in [5.41, 5.74) is 0.633. The predicted octanol–water partition coefficient (Wildman–Crippen LogP) is 1.64. The van der Waals surface area contributed by atoms with E-state index in [9.17, 15) is 0 Å². The molecule has 2 fully saturated rings. The Morgan fingerprint density at radius 1 is 1.40 bits per heavy atom. The Morgan fingerprint density at radius 2 is 2.10 bits per heavy atom. The Kier molecular flexibility index (Phi) is 1.17. The largest absolute Gasteiger partial charge is 0.314 e. The minimum Gasteiger partial charge on any atom is -0.314 e. The van der Waals surface area contributed by atoms with Gasteiger partial charge in [-0.3, -0.25) is 0 Å². The standard InChI is InChI=1S/C9H17N/c1-6-8-7(5-10-6)4-9(8,2)3/h6-8,10H,4-5H2,1-3H3. The molecular weight excluding hydrogens is 122 g/mol. The van der Waals surface area contributed by atoms with E-state index in [1.54, 1.807) is 0 Å². The van der Waals surface area contributed by atoms with Crippen molar-refractivity contribution < 1.29 is 0 Å². The molecule has 1 nitrogen and oxygen atoms in total. The highest BCUT2D eigenvalue weighted by atomic mass is 15.0. The van der Waals surface area contributed by atoms with Gasteiger partial charge in [0.05, 0.1) is 0 Å². The number of rotatable bonds is 0. The van der Waals surface area contributed by atoms with Crippen molar-refractivity contribution in [1.29, 1.82) is 0 Å². The molecule has 1 heteroatoms. The molecule has 0 spiro atoms. The number of hydrogen-bond donors (Lipinski definition) is 1. The third-order valence-electron chi connectivity index (χ3n) is 3.44. The number of nitrogens with one attached hydrogen (secondary N) is 1. The zero-order valence-electron chi connectivity index (χ0n) is 7.15. The van der Waals surface area contributed by atoms with Crippen LogP contribution in [0.25, 0.3) is 0 Å². The van der Waals surface area contributed by atoms with E-state index in [-0.39, 0.29) is 0 Å². The number of hydrogen-bond acceptors (Lipinski definition) is 1. The maximum absolute atomic E-state index is 3.54. The van der Waals surface area contributed by atoms with Gasteiger partial charge in [-0.15, -0.1) is 0 Å². The summed E-state index contributed by atoms with van der Waals surface area (Å²) in [6, 6.07) is 0.772. The molecular formula is C9H17N. The topological polar surface area (TPSA) is 12.0 Å². The SMILES string of the molecule is CC1NCC2CC(C)(C)C21. The second kappa shape index (κ2) is 1.76. The molecule has 1 aliphatic heterocycles. The molecule has 0 aromatic rings. The Bertz CT molecular complexity index is 145. The Balaban J connectivity index is 2.13. The number of fused-ring (bicyclic) bond motifs is 1. The van der Waals surface area contributed by atoms with Gasteiger partial charge in [0, 0.05) is 6.04 Å². The molecule has 0 bridgehead atoms. The fraction of sp³-hybridized carbons (Fsp3) is 1.00. The summed E-state index contributed by atoms with van der Waals surface area (Å²) in [6.45, 7) is 8.40. The lowest BCUT2D eigenvalue weighted by atomic mass is 9.55. The maximum Gasteiger partial charge on any atom is 0.00753 e. The average Bonchev–Trinajstić information content (AvgIpc) is 2.06. The van der Waals surface area contributed by atoms with Crippen molar-refractivity contribution in [3.05, 3.63) is 0 Å². The van der Waals surface area contributed by atoms with Crippen LogP contribution in [-0.4, -0.2) is 12.6 Å². The molecule has 0 aromatic carbocycles. The highest BCUT2D eigenvalue weighted by Gasteiger charge is 2.52. The molecule has 1 saturated carbocycles. The molecule has 2 rings (SSSR count). The second-order valence-electron chi connectivity index (χ2n) is 4.68. The summed E-state index contributed by atoms with van der Waals surface area (Å²) in [5.74, 6) is 1.97. The minimum atomic E-state index is 0.633. The first-order valence-electron chi connectivity index (χ1n) is 4.34. The summed E-state index contributed by atoms with van der Waals surface area (Å²) in [5, 5.41) is 3.54. The zero-order valence-corrected chi connectivity index (χ0v) is 7.15. The van der Waals surface area contributed by atoms with Crippen molar-refractivity contribution in [3.63, 3.8) is 0 Å². The van der Waals surface area contributed by atoms with E-state index < -0.39 is 0 Å². The lowest BCUT2D eigenvalue weighted by molar-refractivity contribution is 0.0126. The first kappa shape index (κ1) is 6.66. The van der Waals surface area contributed by atoms with E-state index in [1.807, 2.05) is 0 Å². The molecule has 10 heavy (non-hydrogen) atoms. The molecule has 1 aliphatic carbocycles. The molecule has 58 valence electrons. The lowest BCUT2D eigenvalue weighted by Gasteiger charge is -2.49. The molecule has 0 amide bonds. The normalized spacial score (nSPS) is 50.1. The van der Waals surface area contributed by atoms with Crippen LogP contribution in [0.2, 0.25) is 0 Å². The zero-order chi connectivity index (χ0) is 7.35. The van der Waals surface area contributed by atoms with E-state index in [4.69, 9.17) is 0 Å². The van der Waals surface area contributed by atoms with Gasteiger partial charge in [-0.25, -0.2) is 0 Å². The van der Waals surface area contributed by atoms with Crippen molar-refractivity contribution >= 4 is 0 Å². The first-order valence-corrected chi connectivity index (χ1v) is 4.34. The Hall–Kier alpha value is -0.0400. The lowest BCUT2D eigenvalue weighted by Crippen LogP contribution is -2.45. The van der Waals surface area contributed by atoms with Gasteiger partial charge < -0.3 is 5.32 Å². The molecule has 3 atom stereocenters. The van der Waals surface area contributed by atoms with Crippen LogP contribution in [0.15, 0.2) is 0 Å². The van der Waals surface area contributed by atoms with Crippen LogP contribution in [-0.2, 0) is 0 Å².